The van der Waals surface area contributed by atoms with Gasteiger partial charge in [-0.25, -0.2) is 13.2 Å². The highest BCUT2D eigenvalue weighted by molar-refractivity contribution is 5.82. The zero-order valence-electron chi connectivity index (χ0n) is 7.69. The molecule has 1 fully saturated rings. The number of amides is 1. The van der Waals surface area contributed by atoms with Crippen molar-refractivity contribution < 1.29 is 18.0 Å². The molecule has 0 aliphatic carbocycles. The lowest BCUT2D eigenvalue weighted by Crippen LogP contribution is -2.49. The van der Waals surface area contributed by atoms with E-state index in [1.165, 1.54) is 0 Å². The van der Waals surface area contributed by atoms with Gasteiger partial charge in [-0.2, -0.15) is 0 Å². The lowest BCUT2D eigenvalue weighted by molar-refractivity contribution is -0.128. The second-order valence-corrected chi connectivity index (χ2v) is 3.53. The molecule has 2 rings (SSSR count). The van der Waals surface area contributed by atoms with Crippen LogP contribution in [0.5, 0.6) is 0 Å². The highest BCUT2D eigenvalue weighted by Crippen LogP contribution is 2.18. The van der Waals surface area contributed by atoms with Crippen LogP contribution in [0.4, 0.5) is 13.2 Å². The van der Waals surface area contributed by atoms with Gasteiger partial charge in [-0.05, 0) is 18.1 Å². The number of hydrogen-bond donors (Lipinski definition) is 1. The van der Waals surface area contributed by atoms with Gasteiger partial charge in [-0.1, -0.05) is 0 Å². The van der Waals surface area contributed by atoms with E-state index < -0.39 is 17.5 Å². The minimum absolute atomic E-state index is 0.0823. The van der Waals surface area contributed by atoms with Crippen molar-refractivity contribution in [2.24, 2.45) is 0 Å². The van der Waals surface area contributed by atoms with Gasteiger partial charge in [0, 0.05) is 18.5 Å². The summed E-state index contributed by atoms with van der Waals surface area (Å²) in [4.78, 5) is 10.6. The predicted molar refractivity (Wildman–Crippen MR) is 46.6 cm³/mol. The summed E-state index contributed by atoms with van der Waals surface area (Å²) >= 11 is 0. The molecule has 80 valence electrons. The van der Waals surface area contributed by atoms with Crippen molar-refractivity contribution in [2.75, 3.05) is 0 Å². The molecule has 1 aliphatic heterocycles. The summed E-state index contributed by atoms with van der Waals surface area (Å²) in [6.45, 7) is 0. The largest absolute Gasteiger partial charge is 0.352 e. The molecule has 1 aromatic rings. The Labute approximate surface area is 84.1 Å². The predicted octanol–water partition coefficient (Wildman–Crippen LogP) is 1.53. The van der Waals surface area contributed by atoms with Crippen LogP contribution >= 0.6 is 0 Å². The van der Waals surface area contributed by atoms with E-state index in [1.807, 2.05) is 0 Å². The van der Waals surface area contributed by atoms with E-state index in [-0.39, 0.29) is 23.9 Å². The maximum absolute atomic E-state index is 13.1. The third kappa shape index (κ3) is 1.95. The molecule has 1 amide bonds. The van der Waals surface area contributed by atoms with E-state index in [0.29, 0.717) is 12.5 Å². The van der Waals surface area contributed by atoms with Crippen molar-refractivity contribution in [3.8, 4) is 0 Å². The van der Waals surface area contributed by atoms with Crippen molar-refractivity contribution in [2.45, 2.75) is 18.9 Å². The van der Waals surface area contributed by atoms with Crippen LogP contribution in [0.2, 0.25) is 0 Å². The maximum atomic E-state index is 13.1. The van der Waals surface area contributed by atoms with Gasteiger partial charge >= 0.3 is 0 Å². The Morgan fingerprint density at radius 2 is 1.80 bits per heavy atom. The molecule has 1 atom stereocenters. The van der Waals surface area contributed by atoms with E-state index in [2.05, 4.69) is 5.32 Å². The highest BCUT2D eigenvalue weighted by Gasteiger charge is 2.26. The van der Waals surface area contributed by atoms with Crippen LogP contribution < -0.4 is 5.32 Å². The highest BCUT2D eigenvalue weighted by atomic mass is 19.2. The molecule has 1 aromatic carbocycles. The minimum Gasteiger partial charge on any atom is -0.352 e. The molecular weight excluding hydrogens is 207 g/mol. The molecule has 0 unspecified atom stereocenters. The molecular formula is C10H8F3NO. The molecule has 1 saturated heterocycles. The quantitative estimate of drug-likeness (QED) is 0.588. The first-order valence-corrected chi connectivity index (χ1v) is 4.49. The molecule has 0 radical (unpaired) electrons. The van der Waals surface area contributed by atoms with Crippen molar-refractivity contribution in [3.63, 3.8) is 0 Å². The molecule has 1 aliphatic rings. The average molecular weight is 215 g/mol. The van der Waals surface area contributed by atoms with Gasteiger partial charge in [-0.3, -0.25) is 4.79 Å². The number of rotatable bonds is 2. The normalized spacial score (nSPS) is 19.7. The van der Waals surface area contributed by atoms with Gasteiger partial charge < -0.3 is 5.32 Å². The zero-order valence-corrected chi connectivity index (χ0v) is 7.69. The summed E-state index contributed by atoms with van der Waals surface area (Å²) < 4.78 is 38.5. The minimum atomic E-state index is -1.20. The summed E-state index contributed by atoms with van der Waals surface area (Å²) in [6.07, 6.45) is 0.493. The Balaban J connectivity index is 2.14. The average Bonchev–Trinajstić information content (AvgIpc) is 2.11. The van der Waals surface area contributed by atoms with E-state index in [1.54, 1.807) is 0 Å². The number of hydrogen-bond acceptors (Lipinski definition) is 1. The summed E-state index contributed by atoms with van der Waals surface area (Å²) in [5.41, 5.74) is 0.0823. The second-order valence-electron chi connectivity index (χ2n) is 3.53. The fraction of sp³-hybridized carbons (Fsp3) is 0.300. The second kappa shape index (κ2) is 3.56. The molecule has 0 bridgehead atoms. The Hall–Kier alpha value is -1.52. The van der Waals surface area contributed by atoms with Gasteiger partial charge in [0.25, 0.3) is 0 Å². The molecule has 1 N–H and O–H groups in total. The number of β-lactam (4-membered cyclic amide) rings is 1. The van der Waals surface area contributed by atoms with Crippen molar-refractivity contribution >= 4 is 5.91 Å². The Kier molecular flexibility index (Phi) is 2.38. The zero-order chi connectivity index (χ0) is 11.0. The smallest absolute Gasteiger partial charge is 0.222 e. The van der Waals surface area contributed by atoms with Gasteiger partial charge in [-0.15, -0.1) is 0 Å². The van der Waals surface area contributed by atoms with Crippen LogP contribution in [0.15, 0.2) is 12.1 Å². The van der Waals surface area contributed by atoms with Crippen LogP contribution in [0.3, 0.4) is 0 Å². The summed E-state index contributed by atoms with van der Waals surface area (Å²) in [7, 11) is 0. The van der Waals surface area contributed by atoms with Crippen LogP contribution in [0.25, 0.3) is 0 Å². The first-order valence-electron chi connectivity index (χ1n) is 4.49. The molecule has 15 heavy (non-hydrogen) atoms. The van der Waals surface area contributed by atoms with E-state index in [0.717, 1.165) is 6.07 Å². The molecule has 5 heteroatoms. The lowest BCUT2D eigenvalue weighted by atomic mass is 9.97. The van der Waals surface area contributed by atoms with Crippen LogP contribution in [0.1, 0.15) is 12.0 Å². The third-order valence-corrected chi connectivity index (χ3v) is 2.35. The summed E-state index contributed by atoms with van der Waals surface area (Å²) in [5.74, 6) is -3.16. The van der Waals surface area contributed by atoms with E-state index in [4.69, 9.17) is 0 Å². The first-order chi connectivity index (χ1) is 7.06. The fourth-order valence-corrected chi connectivity index (χ4v) is 1.54. The molecule has 0 saturated carbocycles. The van der Waals surface area contributed by atoms with E-state index in [9.17, 15) is 18.0 Å². The van der Waals surface area contributed by atoms with Crippen LogP contribution in [-0.2, 0) is 11.2 Å². The van der Waals surface area contributed by atoms with Crippen molar-refractivity contribution in [3.05, 3.63) is 35.1 Å². The van der Waals surface area contributed by atoms with Crippen LogP contribution in [0, 0.1) is 17.5 Å². The molecule has 0 spiro atoms. The van der Waals surface area contributed by atoms with Gasteiger partial charge in [0.2, 0.25) is 5.91 Å². The number of carbonyl (C=O) groups is 1. The van der Waals surface area contributed by atoms with Gasteiger partial charge in [0.1, 0.15) is 5.82 Å². The van der Waals surface area contributed by atoms with Crippen LogP contribution in [-0.4, -0.2) is 11.9 Å². The fourth-order valence-electron chi connectivity index (χ4n) is 1.54. The number of halogens is 3. The van der Waals surface area contributed by atoms with E-state index >= 15 is 0 Å². The topological polar surface area (TPSA) is 29.1 Å². The first kappa shape index (κ1) is 10.0. The number of nitrogens with one attached hydrogen (secondary N) is 1. The summed E-state index contributed by atoms with van der Waals surface area (Å²) in [5, 5.41) is 2.53. The standard InChI is InChI=1S/C10H8F3NO/c11-7-4-9(13)8(12)2-5(7)1-6-3-10(15)14-6/h2,4,6H,1,3H2,(H,14,15)/t6-/m0/s1. The van der Waals surface area contributed by atoms with Crippen molar-refractivity contribution in [1.82, 2.24) is 5.32 Å². The molecule has 2 nitrogen and oxygen atoms in total. The van der Waals surface area contributed by atoms with Gasteiger partial charge in [0.05, 0.1) is 0 Å². The molecule has 0 aromatic heterocycles. The Morgan fingerprint density at radius 3 is 2.40 bits per heavy atom. The maximum Gasteiger partial charge on any atom is 0.222 e. The SMILES string of the molecule is O=C1C[C@H](Cc2cc(F)c(F)cc2F)N1. The summed E-state index contributed by atoms with van der Waals surface area (Å²) in [6, 6.07) is 1.18. The molecule has 1 heterocycles. The number of carbonyl (C=O) groups excluding carboxylic acids is 1. The van der Waals surface area contributed by atoms with Gasteiger partial charge in [0.15, 0.2) is 11.6 Å². The number of benzene rings is 1. The Bertz CT molecular complexity index is 411. The lowest BCUT2D eigenvalue weighted by Gasteiger charge is -2.26. The van der Waals surface area contributed by atoms with Crippen molar-refractivity contribution in [1.29, 1.82) is 0 Å². The monoisotopic (exact) mass is 215 g/mol. The third-order valence-electron chi connectivity index (χ3n) is 2.35. The Morgan fingerprint density at radius 1 is 1.20 bits per heavy atom.